The molecule has 0 aliphatic heterocycles. The Balaban J connectivity index is 2.25. The number of rotatable bonds is 7. The SMILES string of the molecule is CCCCc1ccc(C(=O)Oc2ccccc2C(=O)OC(C)=O)c(CC)c1. The normalized spacial score (nSPS) is 10.3. The zero-order valence-electron chi connectivity index (χ0n) is 15.9. The smallest absolute Gasteiger partial charge is 0.349 e. The van der Waals surface area contributed by atoms with Gasteiger partial charge in [0.05, 0.1) is 5.56 Å². The van der Waals surface area contributed by atoms with Crippen molar-refractivity contribution in [3.63, 3.8) is 0 Å². The van der Waals surface area contributed by atoms with E-state index in [1.165, 1.54) is 17.7 Å². The molecule has 0 saturated carbocycles. The van der Waals surface area contributed by atoms with Gasteiger partial charge < -0.3 is 9.47 Å². The molecule has 2 rings (SSSR count). The molecule has 0 radical (unpaired) electrons. The zero-order chi connectivity index (χ0) is 19.8. The maximum absolute atomic E-state index is 12.7. The highest BCUT2D eigenvalue weighted by atomic mass is 16.6. The van der Waals surface area contributed by atoms with Gasteiger partial charge in [-0.15, -0.1) is 0 Å². The summed E-state index contributed by atoms with van der Waals surface area (Å²) in [7, 11) is 0. The van der Waals surface area contributed by atoms with Gasteiger partial charge in [0.2, 0.25) is 0 Å². The molecule has 5 heteroatoms. The number of benzene rings is 2. The minimum absolute atomic E-state index is 0.0265. The second kappa shape index (κ2) is 9.67. The molecule has 0 bridgehead atoms. The van der Waals surface area contributed by atoms with Crippen molar-refractivity contribution in [2.45, 2.75) is 46.5 Å². The number of unbranched alkanes of at least 4 members (excludes halogenated alkanes) is 1. The van der Waals surface area contributed by atoms with Gasteiger partial charge in [-0.3, -0.25) is 4.79 Å². The molecule has 5 nitrogen and oxygen atoms in total. The molecule has 0 amide bonds. The summed E-state index contributed by atoms with van der Waals surface area (Å²) in [5.74, 6) is -2.06. The maximum Gasteiger partial charge on any atom is 0.349 e. The second-order valence-electron chi connectivity index (χ2n) is 6.22. The molecule has 27 heavy (non-hydrogen) atoms. The Morgan fingerprint density at radius 3 is 2.33 bits per heavy atom. The lowest BCUT2D eigenvalue weighted by Gasteiger charge is -2.12. The van der Waals surface area contributed by atoms with E-state index in [-0.39, 0.29) is 11.3 Å². The highest BCUT2D eigenvalue weighted by Gasteiger charge is 2.20. The quantitative estimate of drug-likeness (QED) is 0.408. The number of esters is 3. The standard InChI is InChI=1S/C22H24O5/c1-4-6-9-16-12-13-18(17(5-2)14-16)21(24)27-20-11-8-7-10-19(20)22(25)26-15(3)23/h7-8,10-14H,4-6,9H2,1-3H3. The topological polar surface area (TPSA) is 69.7 Å². The third-order valence-corrected chi connectivity index (χ3v) is 4.14. The van der Waals surface area contributed by atoms with Crippen molar-refractivity contribution in [3.05, 3.63) is 64.7 Å². The first-order valence-corrected chi connectivity index (χ1v) is 9.12. The average molecular weight is 368 g/mol. The van der Waals surface area contributed by atoms with Crippen molar-refractivity contribution in [2.24, 2.45) is 0 Å². The van der Waals surface area contributed by atoms with Crippen LogP contribution in [0.1, 0.15) is 65.5 Å². The molecule has 0 unspecified atom stereocenters. The van der Waals surface area contributed by atoms with Crippen LogP contribution in [0, 0.1) is 0 Å². The van der Waals surface area contributed by atoms with Crippen molar-refractivity contribution in [3.8, 4) is 5.75 Å². The summed E-state index contributed by atoms with van der Waals surface area (Å²) in [6.07, 6.45) is 3.87. The van der Waals surface area contributed by atoms with Crippen LogP contribution in [0.3, 0.4) is 0 Å². The molecule has 2 aromatic carbocycles. The van der Waals surface area contributed by atoms with Crippen molar-refractivity contribution in [1.82, 2.24) is 0 Å². The van der Waals surface area contributed by atoms with E-state index < -0.39 is 17.9 Å². The van der Waals surface area contributed by atoms with Gasteiger partial charge in [-0.1, -0.05) is 44.5 Å². The molecule has 0 fully saturated rings. The maximum atomic E-state index is 12.7. The Bertz CT molecular complexity index is 838. The van der Waals surface area contributed by atoms with Crippen molar-refractivity contribution >= 4 is 17.9 Å². The Morgan fingerprint density at radius 1 is 0.926 bits per heavy atom. The van der Waals surface area contributed by atoms with Crippen molar-refractivity contribution < 1.29 is 23.9 Å². The lowest BCUT2D eigenvalue weighted by Crippen LogP contribution is -2.15. The summed E-state index contributed by atoms with van der Waals surface area (Å²) in [5.41, 5.74) is 2.58. The number of aryl methyl sites for hydroxylation is 2. The minimum atomic E-state index is -0.850. The van der Waals surface area contributed by atoms with Crippen LogP contribution in [0.15, 0.2) is 42.5 Å². The number of carbonyl (C=O) groups excluding carboxylic acids is 3. The van der Waals surface area contributed by atoms with Crippen LogP contribution in [0.25, 0.3) is 0 Å². The minimum Gasteiger partial charge on any atom is -0.422 e. The highest BCUT2D eigenvalue weighted by Crippen LogP contribution is 2.22. The largest absolute Gasteiger partial charge is 0.422 e. The van der Waals surface area contributed by atoms with Crippen molar-refractivity contribution in [1.29, 1.82) is 0 Å². The van der Waals surface area contributed by atoms with Crippen LogP contribution in [0.5, 0.6) is 5.75 Å². The van der Waals surface area contributed by atoms with E-state index in [9.17, 15) is 14.4 Å². The fraction of sp³-hybridized carbons (Fsp3) is 0.318. The predicted molar refractivity (Wildman–Crippen MR) is 102 cm³/mol. The average Bonchev–Trinajstić information content (AvgIpc) is 2.65. The van der Waals surface area contributed by atoms with Gasteiger partial charge >= 0.3 is 17.9 Å². The highest BCUT2D eigenvalue weighted by molar-refractivity contribution is 6.00. The third-order valence-electron chi connectivity index (χ3n) is 4.14. The van der Waals surface area contributed by atoms with E-state index in [2.05, 4.69) is 11.7 Å². The van der Waals surface area contributed by atoms with Gasteiger partial charge in [-0.25, -0.2) is 9.59 Å². The van der Waals surface area contributed by atoms with Crippen LogP contribution < -0.4 is 4.74 Å². The van der Waals surface area contributed by atoms with Crippen LogP contribution in [0.2, 0.25) is 0 Å². The third kappa shape index (κ3) is 5.51. The molecule has 0 spiro atoms. The Morgan fingerprint density at radius 2 is 1.67 bits per heavy atom. The first-order chi connectivity index (χ1) is 13.0. The summed E-state index contributed by atoms with van der Waals surface area (Å²) in [6.45, 7) is 5.26. The molecule has 0 aliphatic carbocycles. The van der Waals surface area contributed by atoms with E-state index in [1.807, 2.05) is 19.1 Å². The summed E-state index contributed by atoms with van der Waals surface area (Å²) < 4.78 is 10.0. The lowest BCUT2D eigenvalue weighted by atomic mass is 9.99. The molecular formula is C22H24O5. The van der Waals surface area contributed by atoms with E-state index >= 15 is 0 Å². The van der Waals surface area contributed by atoms with Crippen LogP contribution in [-0.2, 0) is 22.4 Å². The zero-order valence-corrected chi connectivity index (χ0v) is 15.9. The fourth-order valence-electron chi connectivity index (χ4n) is 2.74. The molecule has 0 saturated heterocycles. The van der Waals surface area contributed by atoms with Gasteiger partial charge in [0.1, 0.15) is 11.3 Å². The summed E-state index contributed by atoms with van der Waals surface area (Å²) in [5, 5.41) is 0. The number of para-hydroxylation sites is 1. The van der Waals surface area contributed by atoms with Crippen LogP contribution in [0.4, 0.5) is 0 Å². The van der Waals surface area contributed by atoms with E-state index in [0.29, 0.717) is 12.0 Å². The monoisotopic (exact) mass is 368 g/mol. The van der Waals surface area contributed by atoms with E-state index in [4.69, 9.17) is 4.74 Å². The van der Waals surface area contributed by atoms with Gasteiger partial charge in [0, 0.05) is 6.92 Å². The number of hydrogen-bond donors (Lipinski definition) is 0. The summed E-state index contributed by atoms with van der Waals surface area (Å²) in [6, 6.07) is 11.9. The van der Waals surface area contributed by atoms with Crippen LogP contribution in [-0.4, -0.2) is 17.9 Å². The number of hydrogen-bond acceptors (Lipinski definition) is 5. The Labute approximate surface area is 159 Å². The number of carbonyl (C=O) groups is 3. The summed E-state index contributed by atoms with van der Waals surface area (Å²) >= 11 is 0. The van der Waals surface area contributed by atoms with Gasteiger partial charge in [-0.05, 0) is 48.6 Å². The number of ether oxygens (including phenoxy) is 2. The molecule has 2 aromatic rings. The van der Waals surface area contributed by atoms with Crippen LogP contribution >= 0.6 is 0 Å². The molecule has 0 atom stereocenters. The fourth-order valence-corrected chi connectivity index (χ4v) is 2.74. The molecule has 0 aliphatic rings. The molecule has 142 valence electrons. The van der Waals surface area contributed by atoms with E-state index in [0.717, 1.165) is 31.7 Å². The molecular weight excluding hydrogens is 344 g/mol. The summed E-state index contributed by atoms with van der Waals surface area (Å²) in [4.78, 5) is 35.7. The second-order valence-corrected chi connectivity index (χ2v) is 6.22. The molecule has 0 N–H and O–H groups in total. The molecule has 0 heterocycles. The Kier molecular flexibility index (Phi) is 7.29. The first kappa shape index (κ1) is 20.4. The van der Waals surface area contributed by atoms with Crippen molar-refractivity contribution in [2.75, 3.05) is 0 Å². The van der Waals surface area contributed by atoms with Gasteiger partial charge in [0.15, 0.2) is 0 Å². The Hall–Kier alpha value is -2.95. The van der Waals surface area contributed by atoms with E-state index in [1.54, 1.807) is 18.2 Å². The predicted octanol–water partition coefficient (Wildman–Crippen LogP) is 4.51. The first-order valence-electron chi connectivity index (χ1n) is 9.12. The van der Waals surface area contributed by atoms with Gasteiger partial charge in [-0.2, -0.15) is 0 Å². The molecule has 0 aromatic heterocycles. The van der Waals surface area contributed by atoms with Gasteiger partial charge in [0.25, 0.3) is 0 Å². The lowest BCUT2D eigenvalue weighted by molar-refractivity contribution is -0.135.